The lowest BCUT2D eigenvalue weighted by atomic mass is 10.0. The van der Waals surface area contributed by atoms with Gasteiger partial charge in [-0.3, -0.25) is 0 Å². The molecule has 1 N–H and O–H groups in total. The van der Waals surface area contributed by atoms with Crippen molar-refractivity contribution in [3.63, 3.8) is 0 Å². The van der Waals surface area contributed by atoms with Crippen molar-refractivity contribution in [2.45, 2.75) is 26.2 Å². The zero-order valence-corrected chi connectivity index (χ0v) is 15.9. The van der Waals surface area contributed by atoms with Crippen molar-refractivity contribution in [1.82, 2.24) is 9.78 Å². The van der Waals surface area contributed by atoms with Gasteiger partial charge in [-0.05, 0) is 79.1 Å². The number of nitrogens with zero attached hydrogens (tertiary/aromatic N) is 2. The third-order valence-corrected chi connectivity index (χ3v) is 5.21. The molecule has 0 saturated heterocycles. The van der Waals surface area contributed by atoms with Gasteiger partial charge in [-0.25, -0.2) is 4.68 Å². The average Bonchev–Trinajstić information content (AvgIpc) is 2.77. The summed E-state index contributed by atoms with van der Waals surface area (Å²) in [5.74, 6) is 1.16. The number of benzene rings is 2. The lowest BCUT2D eigenvalue weighted by Crippen LogP contribution is -2.07. The number of anilines is 1. The minimum Gasteiger partial charge on any atom is -0.370 e. The third-order valence-electron chi connectivity index (χ3n) is 4.49. The van der Waals surface area contributed by atoms with Crippen molar-refractivity contribution in [2.75, 3.05) is 11.9 Å². The SMILES string of the molecule is Cc1cccc(-c2nn(-c3ccc(I)cc3)c3c2CCCCN3)c1. The number of fused-ring (bicyclic) bond motifs is 1. The summed E-state index contributed by atoms with van der Waals surface area (Å²) in [6.45, 7) is 3.15. The van der Waals surface area contributed by atoms with E-state index in [1.807, 2.05) is 0 Å². The van der Waals surface area contributed by atoms with Gasteiger partial charge in [-0.2, -0.15) is 5.10 Å². The van der Waals surface area contributed by atoms with Crippen LogP contribution < -0.4 is 5.32 Å². The highest BCUT2D eigenvalue weighted by atomic mass is 127. The zero-order valence-electron chi connectivity index (χ0n) is 13.7. The van der Waals surface area contributed by atoms with Crippen LogP contribution in [0.4, 0.5) is 5.82 Å². The molecule has 0 unspecified atom stereocenters. The van der Waals surface area contributed by atoms with Crippen LogP contribution >= 0.6 is 22.6 Å². The van der Waals surface area contributed by atoms with Gasteiger partial charge in [0.25, 0.3) is 0 Å². The van der Waals surface area contributed by atoms with Gasteiger partial charge in [-0.1, -0.05) is 23.8 Å². The molecular weight excluding hydrogens is 409 g/mol. The van der Waals surface area contributed by atoms with Gasteiger partial charge in [-0.15, -0.1) is 0 Å². The monoisotopic (exact) mass is 429 g/mol. The van der Waals surface area contributed by atoms with Gasteiger partial charge in [0, 0.05) is 21.2 Å². The molecule has 122 valence electrons. The Morgan fingerprint density at radius 2 is 1.92 bits per heavy atom. The van der Waals surface area contributed by atoms with Crippen LogP contribution in [0.1, 0.15) is 24.0 Å². The van der Waals surface area contributed by atoms with Crippen LogP contribution in [0.3, 0.4) is 0 Å². The van der Waals surface area contributed by atoms with E-state index in [9.17, 15) is 0 Å². The highest BCUT2D eigenvalue weighted by Crippen LogP contribution is 2.34. The quantitative estimate of drug-likeness (QED) is 0.568. The fraction of sp³-hybridized carbons (Fsp3) is 0.250. The smallest absolute Gasteiger partial charge is 0.133 e. The maximum absolute atomic E-state index is 5.00. The van der Waals surface area contributed by atoms with Crippen molar-refractivity contribution in [3.05, 3.63) is 63.2 Å². The molecule has 3 nitrogen and oxygen atoms in total. The van der Waals surface area contributed by atoms with E-state index in [1.54, 1.807) is 0 Å². The van der Waals surface area contributed by atoms with Crippen LogP contribution in [-0.2, 0) is 6.42 Å². The van der Waals surface area contributed by atoms with Crippen LogP contribution in [0.2, 0.25) is 0 Å². The van der Waals surface area contributed by atoms with E-state index in [2.05, 4.69) is 88.0 Å². The number of hydrogen-bond acceptors (Lipinski definition) is 2. The molecule has 3 aromatic rings. The molecule has 0 spiro atoms. The first-order valence-electron chi connectivity index (χ1n) is 8.41. The van der Waals surface area contributed by atoms with E-state index in [-0.39, 0.29) is 0 Å². The second kappa shape index (κ2) is 6.59. The molecule has 4 rings (SSSR count). The first kappa shape index (κ1) is 15.7. The van der Waals surface area contributed by atoms with Crippen molar-refractivity contribution in [3.8, 4) is 16.9 Å². The summed E-state index contributed by atoms with van der Waals surface area (Å²) < 4.78 is 3.32. The lowest BCUT2D eigenvalue weighted by Gasteiger charge is -2.09. The highest BCUT2D eigenvalue weighted by Gasteiger charge is 2.21. The molecule has 0 atom stereocenters. The average molecular weight is 429 g/mol. The minimum absolute atomic E-state index is 1.01. The van der Waals surface area contributed by atoms with E-state index in [4.69, 9.17) is 5.10 Å². The molecule has 0 amide bonds. The normalized spacial score (nSPS) is 13.9. The molecule has 0 bridgehead atoms. The molecular formula is C20H20IN3. The van der Waals surface area contributed by atoms with Gasteiger partial charge in [0.1, 0.15) is 5.82 Å². The number of aromatic nitrogens is 2. The van der Waals surface area contributed by atoms with Crippen molar-refractivity contribution >= 4 is 28.4 Å². The predicted octanol–water partition coefficient (Wildman–Crippen LogP) is 5.20. The predicted molar refractivity (Wildman–Crippen MR) is 108 cm³/mol. The van der Waals surface area contributed by atoms with Crippen LogP contribution in [0.5, 0.6) is 0 Å². The summed E-state index contributed by atoms with van der Waals surface area (Å²) in [5.41, 5.74) is 6.05. The first-order chi connectivity index (χ1) is 11.7. The van der Waals surface area contributed by atoms with Crippen LogP contribution in [0, 0.1) is 10.5 Å². The lowest BCUT2D eigenvalue weighted by molar-refractivity contribution is 0.780. The third kappa shape index (κ3) is 2.95. The number of halogens is 1. The molecule has 0 saturated carbocycles. The van der Waals surface area contributed by atoms with E-state index in [1.165, 1.54) is 33.1 Å². The summed E-state index contributed by atoms with van der Waals surface area (Å²) in [6.07, 6.45) is 3.49. The first-order valence-corrected chi connectivity index (χ1v) is 9.49. The second-order valence-electron chi connectivity index (χ2n) is 6.32. The molecule has 1 aliphatic rings. The van der Waals surface area contributed by atoms with E-state index in [0.717, 1.165) is 30.2 Å². The van der Waals surface area contributed by atoms with Crippen molar-refractivity contribution < 1.29 is 0 Å². The maximum Gasteiger partial charge on any atom is 0.133 e. The Balaban J connectivity index is 1.90. The largest absolute Gasteiger partial charge is 0.370 e. The van der Waals surface area contributed by atoms with Gasteiger partial charge in [0.05, 0.1) is 11.4 Å². The van der Waals surface area contributed by atoms with Gasteiger partial charge in [0.15, 0.2) is 0 Å². The summed E-state index contributed by atoms with van der Waals surface area (Å²) in [5, 5.41) is 8.61. The Morgan fingerprint density at radius 1 is 1.08 bits per heavy atom. The number of rotatable bonds is 2. The molecule has 1 aromatic heterocycles. The van der Waals surface area contributed by atoms with E-state index >= 15 is 0 Å². The Bertz CT molecular complexity index is 865. The van der Waals surface area contributed by atoms with Crippen LogP contribution in [-0.4, -0.2) is 16.3 Å². The second-order valence-corrected chi connectivity index (χ2v) is 7.56. The van der Waals surface area contributed by atoms with Crippen LogP contribution in [0.15, 0.2) is 48.5 Å². The summed E-state index contributed by atoms with van der Waals surface area (Å²) in [6, 6.07) is 17.2. The Morgan fingerprint density at radius 3 is 2.71 bits per heavy atom. The number of aryl methyl sites for hydroxylation is 1. The number of hydrogen-bond donors (Lipinski definition) is 1. The summed E-state index contributed by atoms with van der Waals surface area (Å²) >= 11 is 2.34. The highest BCUT2D eigenvalue weighted by molar-refractivity contribution is 14.1. The Labute approximate surface area is 156 Å². The topological polar surface area (TPSA) is 29.9 Å². The zero-order chi connectivity index (χ0) is 16.5. The molecule has 0 radical (unpaired) electrons. The number of nitrogens with one attached hydrogen (secondary N) is 1. The Hall–Kier alpha value is -1.82. The fourth-order valence-corrected chi connectivity index (χ4v) is 3.66. The molecule has 1 aliphatic heterocycles. The van der Waals surface area contributed by atoms with Gasteiger partial charge < -0.3 is 5.32 Å². The van der Waals surface area contributed by atoms with Crippen LogP contribution in [0.25, 0.3) is 16.9 Å². The Kier molecular flexibility index (Phi) is 4.31. The molecule has 0 fully saturated rings. The van der Waals surface area contributed by atoms with E-state index < -0.39 is 0 Å². The van der Waals surface area contributed by atoms with Crippen molar-refractivity contribution in [2.24, 2.45) is 0 Å². The molecule has 2 aromatic carbocycles. The fourth-order valence-electron chi connectivity index (χ4n) is 3.30. The van der Waals surface area contributed by atoms with Gasteiger partial charge >= 0.3 is 0 Å². The maximum atomic E-state index is 5.00. The standard InChI is InChI=1S/C20H20IN3/c1-14-5-4-6-15(13-14)19-18-7-2-3-12-22-20(18)24(23-19)17-10-8-16(21)9-11-17/h4-6,8-11,13,22H,2-3,7,12H2,1H3. The summed E-state index contributed by atoms with van der Waals surface area (Å²) in [7, 11) is 0. The van der Waals surface area contributed by atoms with E-state index in [0.29, 0.717) is 0 Å². The van der Waals surface area contributed by atoms with Crippen molar-refractivity contribution in [1.29, 1.82) is 0 Å². The molecule has 24 heavy (non-hydrogen) atoms. The summed E-state index contributed by atoms with van der Waals surface area (Å²) in [4.78, 5) is 0. The molecule has 4 heteroatoms. The molecule has 0 aliphatic carbocycles. The molecule has 2 heterocycles. The minimum atomic E-state index is 1.01. The van der Waals surface area contributed by atoms with Gasteiger partial charge in [0.2, 0.25) is 0 Å².